The molecular formula is C24H32N8O2. The number of hydrogen-bond donors (Lipinski definition) is 2. The fourth-order valence-electron chi connectivity index (χ4n) is 4.40. The molecule has 0 aromatic carbocycles. The van der Waals surface area contributed by atoms with E-state index in [1.165, 1.54) is 0 Å². The van der Waals surface area contributed by atoms with Crippen LogP contribution in [0.4, 0.5) is 5.95 Å². The second-order valence-electron chi connectivity index (χ2n) is 10.5. The zero-order chi connectivity index (χ0) is 23.9. The average Bonchev–Trinajstić information content (AvgIpc) is 3.35. The molecule has 1 amide bonds. The Hall–Kier alpha value is -3.30. The molecule has 0 spiro atoms. The van der Waals surface area contributed by atoms with Crippen molar-refractivity contribution < 1.29 is 9.53 Å². The number of nitrogens with zero attached hydrogens (tertiary/aromatic N) is 6. The minimum absolute atomic E-state index is 0.0882. The minimum atomic E-state index is -0.395. The molecule has 0 radical (unpaired) electrons. The van der Waals surface area contributed by atoms with Crippen LogP contribution in [0.5, 0.6) is 6.01 Å². The lowest BCUT2D eigenvalue weighted by molar-refractivity contribution is 0.0906. The number of carbonyl (C=O) groups excluding carboxylic acids is 1. The highest BCUT2D eigenvalue weighted by Gasteiger charge is 2.34. The van der Waals surface area contributed by atoms with Gasteiger partial charge in [0, 0.05) is 36.1 Å². The Morgan fingerprint density at radius 1 is 1.24 bits per heavy atom. The van der Waals surface area contributed by atoms with E-state index < -0.39 is 5.54 Å². The average molecular weight is 465 g/mol. The van der Waals surface area contributed by atoms with Gasteiger partial charge in [-0.3, -0.25) is 9.89 Å². The Bertz CT molecular complexity index is 1180. The SMILES string of the molecule is C[C@@H]1C[C@@H]1COc1nc(C(=O)NC(C)(C)C)nc(N2CCC(c3n[nH]c4ncccc34)CC2)n1. The van der Waals surface area contributed by atoms with Crippen molar-refractivity contribution in [2.24, 2.45) is 11.8 Å². The Morgan fingerprint density at radius 2 is 2.00 bits per heavy atom. The molecular weight excluding hydrogens is 432 g/mol. The number of pyridine rings is 1. The monoisotopic (exact) mass is 464 g/mol. The van der Waals surface area contributed by atoms with E-state index in [4.69, 9.17) is 4.74 Å². The molecule has 0 bridgehead atoms. The van der Waals surface area contributed by atoms with Gasteiger partial charge >= 0.3 is 6.01 Å². The molecule has 0 unspecified atom stereocenters. The number of rotatable bonds is 6. The van der Waals surface area contributed by atoms with Gasteiger partial charge in [-0.1, -0.05) is 6.92 Å². The molecule has 2 aliphatic rings. The number of H-pyrrole nitrogens is 1. The molecule has 10 nitrogen and oxygen atoms in total. The number of aromatic amines is 1. The second-order valence-corrected chi connectivity index (χ2v) is 10.5. The molecule has 2 fully saturated rings. The van der Waals surface area contributed by atoms with E-state index in [1.807, 2.05) is 26.8 Å². The molecule has 10 heteroatoms. The van der Waals surface area contributed by atoms with Crippen molar-refractivity contribution in [3.8, 4) is 6.01 Å². The lowest BCUT2D eigenvalue weighted by Crippen LogP contribution is -2.42. The first kappa shape index (κ1) is 22.5. The summed E-state index contributed by atoms with van der Waals surface area (Å²) in [6.45, 7) is 10.1. The van der Waals surface area contributed by atoms with Crippen LogP contribution in [0.2, 0.25) is 0 Å². The molecule has 1 saturated heterocycles. The van der Waals surface area contributed by atoms with Gasteiger partial charge in [0.05, 0.1) is 12.3 Å². The Morgan fingerprint density at radius 3 is 2.71 bits per heavy atom. The summed E-state index contributed by atoms with van der Waals surface area (Å²) in [5.74, 6) is 1.77. The van der Waals surface area contributed by atoms with Gasteiger partial charge in [0.1, 0.15) is 0 Å². The highest BCUT2D eigenvalue weighted by atomic mass is 16.5. The van der Waals surface area contributed by atoms with Gasteiger partial charge in [0.15, 0.2) is 5.65 Å². The summed E-state index contributed by atoms with van der Waals surface area (Å²) in [6.07, 6.45) is 4.73. The van der Waals surface area contributed by atoms with E-state index >= 15 is 0 Å². The smallest absolute Gasteiger partial charge is 0.321 e. The molecule has 5 rings (SSSR count). The zero-order valence-corrected chi connectivity index (χ0v) is 20.2. The number of ether oxygens (including phenoxy) is 1. The maximum atomic E-state index is 12.8. The number of nitrogens with one attached hydrogen (secondary N) is 2. The van der Waals surface area contributed by atoms with Gasteiger partial charge in [-0.15, -0.1) is 0 Å². The number of carbonyl (C=O) groups is 1. The Labute approximate surface area is 198 Å². The van der Waals surface area contributed by atoms with Crippen LogP contribution < -0.4 is 15.0 Å². The van der Waals surface area contributed by atoms with Crippen LogP contribution in [0.1, 0.15) is 69.2 Å². The van der Waals surface area contributed by atoms with E-state index in [-0.39, 0.29) is 17.7 Å². The first-order chi connectivity index (χ1) is 16.3. The van der Waals surface area contributed by atoms with Gasteiger partial charge in [-0.05, 0) is 64.0 Å². The van der Waals surface area contributed by atoms with Crippen molar-refractivity contribution in [3.63, 3.8) is 0 Å². The van der Waals surface area contributed by atoms with Crippen LogP contribution in [-0.2, 0) is 0 Å². The van der Waals surface area contributed by atoms with E-state index in [2.05, 4.69) is 53.3 Å². The van der Waals surface area contributed by atoms with Crippen LogP contribution >= 0.6 is 0 Å². The maximum Gasteiger partial charge on any atom is 0.321 e. The van der Waals surface area contributed by atoms with Gasteiger partial charge < -0.3 is 15.0 Å². The summed E-state index contributed by atoms with van der Waals surface area (Å²) in [4.78, 5) is 32.7. The molecule has 2 atom stereocenters. The summed E-state index contributed by atoms with van der Waals surface area (Å²) >= 11 is 0. The van der Waals surface area contributed by atoms with Gasteiger partial charge in [-0.25, -0.2) is 4.98 Å². The minimum Gasteiger partial charge on any atom is -0.463 e. The third-order valence-corrected chi connectivity index (χ3v) is 6.53. The number of hydrogen-bond acceptors (Lipinski definition) is 8. The first-order valence-electron chi connectivity index (χ1n) is 12.0. The van der Waals surface area contributed by atoms with Crippen molar-refractivity contribution in [2.45, 2.75) is 58.4 Å². The molecule has 3 aromatic heterocycles. The third kappa shape index (κ3) is 4.95. The quantitative estimate of drug-likeness (QED) is 0.571. The zero-order valence-electron chi connectivity index (χ0n) is 20.2. The fourth-order valence-corrected chi connectivity index (χ4v) is 4.40. The lowest BCUT2D eigenvalue weighted by Gasteiger charge is -2.31. The molecule has 2 N–H and O–H groups in total. The first-order valence-corrected chi connectivity index (χ1v) is 12.0. The van der Waals surface area contributed by atoms with Crippen molar-refractivity contribution in [2.75, 3.05) is 24.6 Å². The number of piperidine rings is 1. The van der Waals surface area contributed by atoms with E-state index in [0.717, 1.165) is 49.1 Å². The predicted octanol–water partition coefficient (Wildman–Crippen LogP) is 3.09. The number of anilines is 1. The van der Waals surface area contributed by atoms with Gasteiger partial charge in [0.25, 0.3) is 5.91 Å². The van der Waals surface area contributed by atoms with Crippen molar-refractivity contribution in [1.82, 2.24) is 35.5 Å². The topological polar surface area (TPSA) is 122 Å². The largest absolute Gasteiger partial charge is 0.463 e. The molecule has 1 aliphatic heterocycles. The van der Waals surface area contributed by atoms with Crippen molar-refractivity contribution in [1.29, 1.82) is 0 Å². The molecule has 1 aliphatic carbocycles. The number of fused-ring (bicyclic) bond motifs is 1. The Kier molecular flexibility index (Phi) is 5.83. The Balaban J connectivity index is 1.33. The summed E-state index contributed by atoms with van der Waals surface area (Å²) in [5, 5.41) is 11.6. The van der Waals surface area contributed by atoms with Crippen LogP contribution in [0.25, 0.3) is 11.0 Å². The van der Waals surface area contributed by atoms with E-state index in [0.29, 0.717) is 30.3 Å². The van der Waals surface area contributed by atoms with Crippen LogP contribution in [0, 0.1) is 11.8 Å². The lowest BCUT2D eigenvalue weighted by atomic mass is 9.92. The normalized spacial score (nSPS) is 21.0. The van der Waals surface area contributed by atoms with Crippen LogP contribution in [0.15, 0.2) is 18.3 Å². The van der Waals surface area contributed by atoms with Crippen molar-refractivity contribution in [3.05, 3.63) is 29.8 Å². The van der Waals surface area contributed by atoms with Gasteiger partial charge in [-0.2, -0.15) is 20.1 Å². The number of aromatic nitrogens is 6. The van der Waals surface area contributed by atoms with Gasteiger partial charge in [0.2, 0.25) is 11.8 Å². The highest BCUT2D eigenvalue weighted by molar-refractivity contribution is 5.91. The summed E-state index contributed by atoms with van der Waals surface area (Å²) in [5.41, 5.74) is 1.48. The molecule has 1 saturated carbocycles. The molecule has 180 valence electrons. The summed E-state index contributed by atoms with van der Waals surface area (Å²) < 4.78 is 5.89. The standard InChI is InChI=1S/C24H32N8O2/c1-14-12-16(14)13-34-23-27-20(21(33)29-24(2,3)4)26-22(28-23)32-10-7-15(8-11-32)18-17-6-5-9-25-19(17)31-30-18/h5-6,9,14-16H,7-8,10-13H2,1-4H3,(H,29,33)(H,25,30,31)/t14-,16-/m1/s1. The van der Waals surface area contributed by atoms with Crippen molar-refractivity contribution >= 4 is 22.9 Å². The van der Waals surface area contributed by atoms with E-state index in [9.17, 15) is 4.79 Å². The summed E-state index contributed by atoms with van der Waals surface area (Å²) in [7, 11) is 0. The van der Waals surface area contributed by atoms with Crippen LogP contribution in [0.3, 0.4) is 0 Å². The number of amides is 1. The molecule has 34 heavy (non-hydrogen) atoms. The summed E-state index contributed by atoms with van der Waals surface area (Å²) in [6, 6.07) is 4.22. The third-order valence-electron chi connectivity index (χ3n) is 6.53. The van der Waals surface area contributed by atoms with E-state index in [1.54, 1.807) is 6.20 Å². The second kappa shape index (κ2) is 8.81. The highest BCUT2D eigenvalue weighted by Crippen LogP contribution is 2.38. The van der Waals surface area contributed by atoms with Crippen LogP contribution in [-0.4, -0.2) is 61.3 Å². The predicted molar refractivity (Wildman–Crippen MR) is 128 cm³/mol. The molecule has 3 aromatic rings. The molecule has 4 heterocycles. The fraction of sp³-hybridized carbons (Fsp3) is 0.583. The maximum absolute atomic E-state index is 12.8.